The molecule has 2 amide bonds. The highest BCUT2D eigenvalue weighted by Gasteiger charge is 2.43. The minimum Gasteiger partial charge on any atom is -0.336 e. The first-order chi connectivity index (χ1) is 11.9. The number of urea groups is 1. The minimum atomic E-state index is -4.94. The van der Waals surface area contributed by atoms with Gasteiger partial charge in [0.05, 0.1) is 5.56 Å². The monoisotopic (exact) mass is 384 g/mol. The highest BCUT2D eigenvalue weighted by molar-refractivity contribution is 5.74. The second kappa shape index (κ2) is 9.14. The van der Waals surface area contributed by atoms with Crippen molar-refractivity contribution in [1.29, 1.82) is 0 Å². The first kappa shape index (κ1) is 22.1. The standard InChI is InChI=1S/C17H22F6N2O/c1-3-4-5-7-11(2)24-15(26)25-14(17(21,22)23)12-8-6-9-13(10-12)16(18,19)20/h6,8-11,14H,3-5,7H2,1-2H3,(H2,24,25,26). The molecule has 2 atom stereocenters. The molecule has 0 aliphatic rings. The number of nitrogens with one attached hydrogen (secondary N) is 2. The van der Waals surface area contributed by atoms with Gasteiger partial charge in [-0.3, -0.25) is 0 Å². The molecule has 0 saturated carbocycles. The fourth-order valence-corrected chi connectivity index (χ4v) is 2.42. The third-order valence-corrected chi connectivity index (χ3v) is 3.77. The van der Waals surface area contributed by atoms with Crippen LogP contribution in [0.15, 0.2) is 24.3 Å². The van der Waals surface area contributed by atoms with Crippen LogP contribution in [0.4, 0.5) is 31.1 Å². The number of carbonyl (C=O) groups excluding carboxylic acids is 1. The van der Waals surface area contributed by atoms with E-state index >= 15 is 0 Å². The summed E-state index contributed by atoms with van der Waals surface area (Å²) in [6.45, 7) is 3.65. The molecule has 0 aliphatic carbocycles. The van der Waals surface area contributed by atoms with E-state index in [1.54, 1.807) is 12.2 Å². The Morgan fingerprint density at radius 2 is 1.73 bits per heavy atom. The summed E-state index contributed by atoms with van der Waals surface area (Å²) in [6.07, 6.45) is -6.40. The lowest BCUT2D eigenvalue weighted by Crippen LogP contribution is -2.46. The molecule has 26 heavy (non-hydrogen) atoms. The minimum absolute atomic E-state index is 0.350. The molecule has 2 N–H and O–H groups in total. The van der Waals surface area contributed by atoms with Crippen LogP contribution >= 0.6 is 0 Å². The Kier molecular flexibility index (Phi) is 7.77. The molecule has 3 nitrogen and oxygen atoms in total. The summed E-state index contributed by atoms with van der Waals surface area (Å²) in [7, 11) is 0. The van der Waals surface area contributed by atoms with Gasteiger partial charge in [-0.1, -0.05) is 38.3 Å². The van der Waals surface area contributed by atoms with Crippen LogP contribution < -0.4 is 10.6 Å². The quantitative estimate of drug-likeness (QED) is 0.468. The van der Waals surface area contributed by atoms with Crippen LogP contribution in [-0.2, 0) is 6.18 Å². The summed E-state index contributed by atoms with van der Waals surface area (Å²) in [5.41, 5.74) is -1.89. The fourth-order valence-electron chi connectivity index (χ4n) is 2.42. The van der Waals surface area contributed by atoms with Crippen molar-refractivity contribution in [2.75, 3.05) is 0 Å². The largest absolute Gasteiger partial charge is 0.416 e. The van der Waals surface area contributed by atoms with E-state index in [1.807, 2.05) is 6.92 Å². The Morgan fingerprint density at radius 1 is 1.08 bits per heavy atom. The van der Waals surface area contributed by atoms with Gasteiger partial charge in [-0.2, -0.15) is 26.3 Å². The molecule has 0 radical (unpaired) electrons. The molecule has 1 rings (SSSR count). The maximum Gasteiger partial charge on any atom is 0.416 e. The predicted molar refractivity (Wildman–Crippen MR) is 85.5 cm³/mol. The van der Waals surface area contributed by atoms with Crippen LogP contribution in [0.2, 0.25) is 0 Å². The second-order valence-electron chi connectivity index (χ2n) is 6.11. The van der Waals surface area contributed by atoms with Crippen LogP contribution in [0.1, 0.15) is 56.7 Å². The van der Waals surface area contributed by atoms with E-state index in [-0.39, 0.29) is 6.04 Å². The Bertz CT molecular complexity index is 585. The maximum atomic E-state index is 13.3. The molecule has 1 aromatic rings. The smallest absolute Gasteiger partial charge is 0.336 e. The van der Waals surface area contributed by atoms with Crippen LogP contribution in [0, 0.1) is 0 Å². The number of rotatable bonds is 7. The van der Waals surface area contributed by atoms with Gasteiger partial charge in [0.15, 0.2) is 6.04 Å². The average Bonchev–Trinajstić information content (AvgIpc) is 2.51. The molecule has 0 saturated heterocycles. The fraction of sp³-hybridized carbons (Fsp3) is 0.588. The van der Waals surface area contributed by atoms with E-state index < -0.39 is 35.6 Å². The van der Waals surface area contributed by atoms with E-state index in [0.717, 1.165) is 31.4 Å². The van der Waals surface area contributed by atoms with Crippen molar-refractivity contribution in [2.45, 2.75) is 64.0 Å². The zero-order chi connectivity index (χ0) is 20.0. The lowest BCUT2D eigenvalue weighted by Gasteiger charge is -2.24. The molecule has 0 heterocycles. The van der Waals surface area contributed by atoms with Gasteiger partial charge in [-0.15, -0.1) is 0 Å². The summed E-state index contributed by atoms with van der Waals surface area (Å²) in [5, 5.41) is 4.11. The van der Waals surface area contributed by atoms with E-state index in [1.165, 1.54) is 0 Å². The van der Waals surface area contributed by atoms with Crippen LogP contribution in [0.3, 0.4) is 0 Å². The van der Waals surface area contributed by atoms with Gasteiger partial charge in [0.25, 0.3) is 0 Å². The number of alkyl halides is 6. The van der Waals surface area contributed by atoms with E-state index in [0.29, 0.717) is 18.6 Å². The first-order valence-electron chi connectivity index (χ1n) is 8.26. The van der Waals surface area contributed by atoms with Crippen molar-refractivity contribution in [3.63, 3.8) is 0 Å². The van der Waals surface area contributed by atoms with Crippen molar-refractivity contribution < 1.29 is 31.1 Å². The molecule has 1 aromatic carbocycles. The first-order valence-corrected chi connectivity index (χ1v) is 8.26. The van der Waals surface area contributed by atoms with E-state index in [9.17, 15) is 31.1 Å². The summed E-state index contributed by atoms with van der Waals surface area (Å²) in [4.78, 5) is 11.9. The number of carbonyl (C=O) groups is 1. The van der Waals surface area contributed by atoms with Gasteiger partial charge in [-0.25, -0.2) is 4.79 Å². The average molecular weight is 384 g/mol. The maximum absolute atomic E-state index is 13.3. The molecule has 0 aromatic heterocycles. The van der Waals surface area contributed by atoms with Crippen molar-refractivity contribution in [2.24, 2.45) is 0 Å². The molecule has 0 fully saturated rings. The van der Waals surface area contributed by atoms with Gasteiger partial charge in [0, 0.05) is 6.04 Å². The van der Waals surface area contributed by atoms with E-state index in [4.69, 9.17) is 0 Å². The van der Waals surface area contributed by atoms with Crippen LogP contribution in [0.5, 0.6) is 0 Å². The highest BCUT2D eigenvalue weighted by Crippen LogP contribution is 2.36. The van der Waals surface area contributed by atoms with Crippen molar-refractivity contribution in [1.82, 2.24) is 10.6 Å². The van der Waals surface area contributed by atoms with Gasteiger partial charge in [0.1, 0.15) is 0 Å². The lowest BCUT2D eigenvalue weighted by atomic mass is 10.0. The van der Waals surface area contributed by atoms with Gasteiger partial charge >= 0.3 is 18.4 Å². The van der Waals surface area contributed by atoms with Crippen LogP contribution in [0.25, 0.3) is 0 Å². The number of unbranched alkanes of at least 4 members (excludes halogenated alkanes) is 2. The van der Waals surface area contributed by atoms with Crippen molar-refractivity contribution in [3.05, 3.63) is 35.4 Å². The number of hydrogen-bond donors (Lipinski definition) is 2. The second-order valence-corrected chi connectivity index (χ2v) is 6.11. The van der Waals surface area contributed by atoms with Crippen LogP contribution in [-0.4, -0.2) is 18.2 Å². The highest BCUT2D eigenvalue weighted by atomic mass is 19.4. The van der Waals surface area contributed by atoms with Gasteiger partial charge < -0.3 is 10.6 Å². The van der Waals surface area contributed by atoms with E-state index in [2.05, 4.69) is 5.32 Å². The third-order valence-electron chi connectivity index (χ3n) is 3.77. The summed E-state index contributed by atoms with van der Waals surface area (Å²) >= 11 is 0. The molecular formula is C17H22F6N2O. The predicted octanol–water partition coefficient (Wildman–Crippen LogP) is 5.58. The number of halogens is 6. The molecule has 0 bridgehead atoms. The molecule has 9 heteroatoms. The lowest BCUT2D eigenvalue weighted by molar-refractivity contribution is -0.155. The number of amides is 2. The molecule has 148 valence electrons. The normalized spacial score (nSPS) is 14.6. The van der Waals surface area contributed by atoms with Crippen molar-refractivity contribution >= 4 is 6.03 Å². The van der Waals surface area contributed by atoms with Gasteiger partial charge in [0.2, 0.25) is 0 Å². The third kappa shape index (κ3) is 7.13. The SMILES string of the molecule is CCCCCC(C)NC(=O)NC(c1cccc(C(F)(F)F)c1)C(F)(F)F. The topological polar surface area (TPSA) is 41.1 Å². The molecule has 0 aliphatic heterocycles. The Labute approximate surface area is 148 Å². The van der Waals surface area contributed by atoms with Gasteiger partial charge in [-0.05, 0) is 31.0 Å². The Balaban J connectivity index is 2.88. The molecule has 0 spiro atoms. The zero-order valence-electron chi connectivity index (χ0n) is 14.5. The summed E-state index contributed by atoms with van der Waals surface area (Å²) < 4.78 is 78.0. The Hall–Kier alpha value is -1.93. The van der Waals surface area contributed by atoms with Crippen molar-refractivity contribution in [3.8, 4) is 0 Å². The molecule has 2 unspecified atom stereocenters. The Morgan fingerprint density at radius 3 is 2.27 bits per heavy atom. The summed E-state index contributed by atoms with van der Waals surface area (Å²) in [5.74, 6) is 0. The summed E-state index contributed by atoms with van der Waals surface area (Å²) in [6, 6.07) is -1.11. The number of benzene rings is 1. The number of hydrogen-bond acceptors (Lipinski definition) is 1. The zero-order valence-corrected chi connectivity index (χ0v) is 14.5. The molecular weight excluding hydrogens is 362 g/mol.